The molecule has 0 spiro atoms. The number of morpholine rings is 1. The molecule has 1 amide bonds. The Hall–Kier alpha value is -4.10. The second-order valence-corrected chi connectivity index (χ2v) is 20.9. The van der Waals surface area contributed by atoms with E-state index in [4.69, 9.17) is 16.3 Å². The number of sulfonamides is 1. The minimum atomic E-state index is -6.06. The number of halogens is 4. The number of nitrogens with zero attached hydrogens (tertiary/aromatic N) is 1. The van der Waals surface area contributed by atoms with E-state index >= 15 is 0 Å². The van der Waals surface area contributed by atoms with Gasteiger partial charge >= 0.3 is 5.51 Å². The van der Waals surface area contributed by atoms with Crippen LogP contribution in [-0.4, -0.2) is 96.4 Å². The molecule has 2 unspecified atom stereocenters. The molecule has 0 bridgehead atoms. The number of amides is 1. The standard InChI is InChI=1S/C45H53ClF3N5O6S3/c1-31-28-54(29-32(2)60-31)25-22-38(30-61-39-9-4-3-5-10-39)52-42-21-20-40(26-43(42)62(56,57)45(47,48)49)63(58,59)53-44(55)34-14-18-37(19-15-34)51-24-23-50-27-35-8-6-7-11-41(35)33-12-16-36(46)17-13-33/h3-5,9-10,12-21,26,31-32,38,50-52H,6-8,11,22-25,27-30H2,1-2H3,(H,53,55)/t31?,32?,38-/m1/s1. The number of anilines is 2. The molecule has 1 heterocycles. The molecule has 4 aromatic carbocycles. The average Bonchev–Trinajstić information content (AvgIpc) is 3.24. The van der Waals surface area contributed by atoms with Crippen LogP contribution in [0.15, 0.2) is 117 Å². The van der Waals surface area contributed by atoms with Crippen LogP contribution < -0.4 is 20.7 Å². The highest BCUT2D eigenvalue weighted by atomic mass is 35.5. The van der Waals surface area contributed by atoms with Gasteiger partial charge in [-0.1, -0.05) is 47.5 Å². The summed E-state index contributed by atoms with van der Waals surface area (Å²) in [5, 5.41) is 10.4. The third-order valence-electron chi connectivity index (χ3n) is 10.8. The number of sulfone groups is 1. The molecule has 0 aromatic heterocycles. The van der Waals surface area contributed by atoms with E-state index in [1.807, 2.05) is 61.0 Å². The van der Waals surface area contributed by atoms with Crippen LogP contribution in [0.4, 0.5) is 24.5 Å². The molecule has 0 saturated carbocycles. The van der Waals surface area contributed by atoms with Gasteiger partial charge in [0.25, 0.3) is 25.8 Å². The molecular weight excluding hydrogens is 895 g/mol. The van der Waals surface area contributed by atoms with Crippen LogP contribution in [0.1, 0.15) is 61.9 Å². The first-order chi connectivity index (χ1) is 30.0. The summed E-state index contributed by atoms with van der Waals surface area (Å²) in [6.45, 7) is 7.74. The molecule has 3 atom stereocenters. The van der Waals surface area contributed by atoms with E-state index in [-0.39, 0.29) is 17.8 Å². The zero-order valence-corrected chi connectivity index (χ0v) is 38.3. The minimum Gasteiger partial charge on any atom is -0.384 e. The van der Waals surface area contributed by atoms with Crippen molar-refractivity contribution in [2.24, 2.45) is 0 Å². The fourth-order valence-electron chi connectivity index (χ4n) is 7.75. The SMILES string of the molecule is CC1CN(CC[C@H](CSc2ccccc2)Nc2ccc(S(=O)(=O)NC(=O)c3ccc(NCCNCC4=C(c5ccc(Cl)cc5)CCCC4)cc3)cc2S(=O)(=O)C(F)(F)F)CC(C)O1. The fraction of sp³-hybridized carbons (Fsp3) is 0.400. The number of rotatable bonds is 19. The summed E-state index contributed by atoms with van der Waals surface area (Å²) < 4.78 is 103. The predicted octanol–water partition coefficient (Wildman–Crippen LogP) is 8.85. The van der Waals surface area contributed by atoms with Crippen LogP contribution in [0, 0.1) is 0 Å². The highest BCUT2D eigenvalue weighted by Gasteiger charge is 2.48. The number of hydrogen-bond acceptors (Lipinski definition) is 11. The first-order valence-electron chi connectivity index (χ1n) is 20.8. The Balaban J connectivity index is 1.10. The molecule has 4 N–H and O–H groups in total. The Labute approximate surface area is 377 Å². The van der Waals surface area contributed by atoms with Crippen molar-refractivity contribution in [3.05, 3.63) is 119 Å². The van der Waals surface area contributed by atoms with Crippen LogP contribution in [0.3, 0.4) is 0 Å². The number of nitrogens with one attached hydrogen (secondary N) is 4. The normalized spacial score (nSPS) is 18.2. The lowest BCUT2D eigenvalue weighted by atomic mass is 9.87. The average molecular weight is 949 g/mol. The molecule has 340 valence electrons. The van der Waals surface area contributed by atoms with E-state index in [2.05, 4.69) is 33.0 Å². The van der Waals surface area contributed by atoms with Gasteiger partial charge in [0.15, 0.2) is 0 Å². The van der Waals surface area contributed by atoms with Gasteiger partial charge in [0.1, 0.15) is 4.90 Å². The molecule has 6 rings (SSSR count). The number of allylic oxidation sites excluding steroid dienone is 1. The molecule has 1 fully saturated rings. The maximum absolute atomic E-state index is 14.2. The van der Waals surface area contributed by atoms with E-state index in [0.717, 1.165) is 49.3 Å². The Bertz CT molecular complexity index is 2420. The number of ether oxygens (including phenoxy) is 1. The van der Waals surface area contributed by atoms with Crippen molar-refractivity contribution in [1.82, 2.24) is 14.9 Å². The number of benzene rings is 4. The third kappa shape index (κ3) is 13.5. The summed E-state index contributed by atoms with van der Waals surface area (Å²) in [6, 6.07) is 25.2. The van der Waals surface area contributed by atoms with Crippen LogP contribution >= 0.6 is 23.4 Å². The Kier molecular flexibility index (Phi) is 16.7. The molecule has 1 saturated heterocycles. The van der Waals surface area contributed by atoms with E-state index in [0.29, 0.717) is 61.7 Å². The van der Waals surface area contributed by atoms with Gasteiger partial charge in [-0.05, 0) is 124 Å². The van der Waals surface area contributed by atoms with E-state index in [1.165, 1.54) is 40.6 Å². The molecule has 1 aliphatic heterocycles. The Morgan fingerprint density at radius 1 is 0.889 bits per heavy atom. The Morgan fingerprint density at radius 2 is 1.57 bits per heavy atom. The molecule has 4 aromatic rings. The quantitative estimate of drug-likeness (QED) is 0.0529. The van der Waals surface area contributed by atoms with Crippen molar-refractivity contribution in [3.8, 4) is 0 Å². The number of thioether (sulfide) groups is 1. The van der Waals surface area contributed by atoms with Crippen LogP contribution in [-0.2, 0) is 24.6 Å². The number of carbonyl (C=O) groups excluding carboxylic acids is 1. The maximum atomic E-state index is 14.2. The monoisotopic (exact) mass is 947 g/mol. The third-order valence-corrected chi connectivity index (χ3v) is 15.1. The second-order valence-electron chi connectivity index (χ2n) is 15.8. The predicted molar refractivity (Wildman–Crippen MR) is 245 cm³/mol. The summed E-state index contributed by atoms with van der Waals surface area (Å²) in [5.41, 5.74) is -1.60. The number of carbonyl (C=O) groups is 1. The highest BCUT2D eigenvalue weighted by Crippen LogP contribution is 2.37. The topological polar surface area (TPSA) is 146 Å². The largest absolute Gasteiger partial charge is 0.501 e. The first kappa shape index (κ1) is 48.4. The lowest BCUT2D eigenvalue weighted by Crippen LogP contribution is -2.46. The van der Waals surface area contributed by atoms with Gasteiger partial charge in [-0.15, -0.1) is 11.8 Å². The number of alkyl halides is 3. The Morgan fingerprint density at radius 3 is 2.25 bits per heavy atom. The summed E-state index contributed by atoms with van der Waals surface area (Å²) in [4.78, 5) is 14.2. The summed E-state index contributed by atoms with van der Waals surface area (Å²) in [5.74, 6) is -0.690. The van der Waals surface area contributed by atoms with Gasteiger partial charge in [-0.25, -0.2) is 21.6 Å². The van der Waals surface area contributed by atoms with Crippen molar-refractivity contribution in [3.63, 3.8) is 0 Å². The first-order valence-corrected chi connectivity index (χ1v) is 25.2. The van der Waals surface area contributed by atoms with Crippen molar-refractivity contribution >= 4 is 66.1 Å². The molecule has 63 heavy (non-hydrogen) atoms. The van der Waals surface area contributed by atoms with Crippen molar-refractivity contribution in [2.45, 2.75) is 84.4 Å². The highest BCUT2D eigenvalue weighted by molar-refractivity contribution is 7.99. The van der Waals surface area contributed by atoms with Crippen LogP contribution in [0.2, 0.25) is 5.02 Å². The van der Waals surface area contributed by atoms with Crippen molar-refractivity contribution in [2.75, 3.05) is 55.7 Å². The smallest absolute Gasteiger partial charge is 0.384 e. The van der Waals surface area contributed by atoms with Crippen LogP contribution in [0.5, 0.6) is 0 Å². The summed E-state index contributed by atoms with van der Waals surface area (Å²) in [6.07, 6.45) is 4.73. The molecule has 11 nitrogen and oxygen atoms in total. The lowest BCUT2D eigenvalue weighted by Gasteiger charge is -2.36. The van der Waals surface area contributed by atoms with Gasteiger partial charge in [0.2, 0.25) is 0 Å². The van der Waals surface area contributed by atoms with Gasteiger partial charge in [0, 0.05) is 72.2 Å². The van der Waals surface area contributed by atoms with E-state index in [9.17, 15) is 34.8 Å². The molecule has 1 aliphatic carbocycles. The fourth-order valence-corrected chi connectivity index (χ4v) is 10.9. The summed E-state index contributed by atoms with van der Waals surface area (Å²) >= 11 is 7.53. The lowest BCUT2D eigenvalue weighted by molar-refractivity contribution is -0.0682. The van der Waals surface area contributed by atoms with Crippen molar-refractivity contribution in [1.29, 1.82) is 0 Å². The second kappa shape index (κ2) is 21.7. The minimum absolute atomic E-state index is 0.0160. The van der Waals surface area contributed by atoms with E-state index in [1.54, 1.807) is 12.1 Å². The van der Waals surface area contributed by atoms with Crippen LogP contribution in [0.25, 0.3) is 5.57 Å². The zero-order valence-electron chi connectivity index (χ0n) is 35.1. The van der Waals surface area contributed by atoms with Gasteiger partial charge in [0.05, 0.1) is 22.8 Å². The number of hydrogen-bond donors (Lipinski definition) is 4. The van der Waals surface area contributed by atoms with Gasteiger partial charge < -0.3 is 20.7 Å². The molecule has 2 aliphatic rings. The summed E-state index contributed by atoms with van der Waals surface area (Å²) in [7, 11) is -10.9. The molecular formula is C45H53ClF3N5O6S3. The van der Waals surface area contributed by atoms with Crippen molar-refractivity contribution < 1.29 is 39.5 Å². The van der Waals surface area contributed by atoms with Gasteiger partial charge in [-0.3, -0.25) is 9.69 Å². The molecule has 0 radical (unpaired) electrons. The maximum Gasteiger partial charge on any atom is 0.501 e. The molecule has 18 heteroatoms. The zero-order chi connectivity index (χ0) is 45.2. The van der Waals surface area contributed by atoms with E-state index < -0.39 is 52.8 Å². The van der Waals surface area contributed by atoms with Gasteiger partial charge in [-0.2, -0.15) is 13.2 Å².